The van der Waals surface area contributed by atoms with Gasteiger partial charge in [0.25, 0.3) is 0 Å². The zero-order chi connectivity index (χ0) is 14.4. The normalized spacial score (nSPS) is 19.6. The van der Waals surface area contributed by atoms with Crippen LogP contribution in [0, 0.1) is 0 Å². The van der Waals surface area contributed by atoms with Crippen LogP contribution < -0.4 is 9.47 Å². The second-order valence-electron chi connectivity index (χ2n) is 4.72. The van der Waals surface area contributed by atoms with Crippen LogP contribution in [-0.4, -0.2) is 57.2 Å². The molecule has 1 aromatic carbocycles. The van der Waals surface area contributed by atoms with Gasteiger partial charge in [-0.2, -0.15) is 0 Å². The number of rotatable bonds is 6. The van der Waals surface area contributed by atoms with Gasteiger partial charge in [0.15, 0.2) is 6.29 Å². The lowest BCUT2D eigenvalue weighted by atomic mass is 10.2. The fraction of sp³-hybridized carbons (Fsp3) is 0.533. The average Bonchev–Trinajstić information content (AvgIpc) is 2.52. The van der Waals surface area contributed by atoms with E-state index in [0.717, 1.165) is 32.5 Å². The summed E-state index contributed by atoms with van der Waals surface area (Å²) in [5, 5.41) is 0. The Morgan fingerprint density at radius 1 is 1.50 bits per heavy atom. The molecule has 1 unspecified atom stereocenters. The van der Waals surface area contributed by atoms with Crippen molar-refractivity contribution in [1.29, 1.82) is 0 Å². The Kier molecular flexibility index (Phi) is 5.38. The summed E-state index contributed by atoms with van der Waals surface area (Å²) in [6.45, 7) is 6.13. The van der Waals surface area contributed by atoms with E-state index < -0.39 is 0 Å². The Morgan fingerprint density at radius 2 is 2.35 bits per heavy atom. The summed E-state index contributed by atoms with van der Waals surface area (Å²) >= 11 is 0. The SMILES string of the molecule is CCN1CCOC(COc2cc(OC)ccc2C=O)C1. The third-order valence-corrected chi connectivity index (χ3v) is 3.44. The predicted molar refractivity (Wildman–Crippen MR) is 75.7 cm³/mol. The van der Waals surface area contributed by atoms with Gasteiger partial charge >= 0.3 is 0 Å². The van der Waals surface area contributed by atoms with E-state index in [-0.39, 0.29) is 6.10 Å². The maximum absolute atomic E-state index is 11.0. The third-order valence-electron chi connectivity index (χ3n) is 3.44. The summed E-state index contributed by atoms with van der Waals surface area (Å²) in [7, 11) is 1.59. The molecule has 1 heterocycles. The van der Waals surface area contributed by atoms with Crippen LogP contribution >= 0.6 is 0 Å². The molecule has 1 atom stereocenters. The molecule has 110 valence electrons. The molecule has 5 nitrogen and oxygen atoms in total. The van der Waals surface area contributed by atoms with Crippen LogP contribution in [0.15, 0.2) is 18.2 Å². The van der Waals surface area contributed by atoms with Crippen molar-refractivity contribution in [3.8, 4) is 11.5 Å². The van der Waals surface area contributed by atoms with Gasteiger partial charge in [-0.3, -0.25) is 9.69 Å². The molecule has 5 heteroatoms. The van der Waals surface area contributed by atoms with E-state index in [1.807, 2.05) is 0 Å². The van der Waals surface area contributed by atoms with E-state index in [9.17, 15) is 4.79 Å². The highest BCUT2D eigenvalue weighted by atomic mass is 16.5. The first-order valence-corrected chi connectivity index (χ1v) is 6.86. The predicted octanol–water partition coefficient (Wildman–Crippen LogP) is 1.61. The Morgan fingerprint density at radius 3 is 3.05 bits per heavy atom. The van der Waals surface area contributed by atoms with Crippen LogP contribution in [0.1, 0.15) is 17.3 Å². The van der Waals surface area contributed by atoms with Crippen LogP contribution in [0.3, 0.4) is 0 Å². The first-order valence-electron chi connectivity index (χ1n) is 6.86. The van der Waals surface area contributed by atoms with Crippen LogP contribution in [-0.2, 0) is 4.74 Å². The van der Waals surface area contributed by atoms with Gasteiger partial charge < -0.3 is 14.2 Å². The van der Waals surface area contributed by atoms with Gasteiger partial charge in [0.1, 0.15) is 24.2 Å². The van der Waals surface area contributed by atoms with Crippen molar-refractivity contribution in [2.45, 2.75) is 13.0 Å². The summed E-state index contributed by atoms with van der Waals surface area (Å²) in [6.07, 6.45) is 0.823. The molecule has 1 aromatic rings. The van der Waals surface area contributed by atoms with E-state index in [0.29, 0.717) is 23.7 Å². The molecule has 1 aliphatic rings. The number of morpholine rings is 1. The number of nitrogens with zero attached hydrogens (tertiary/aromatic N) is 1. The van der Waals surface area contributed by atoms with E-state index >= 15 is 0 Å². The summed E-state index contributed by atoms with van der Waals surface area (Å²) in [5.41, 5.74) is 0.522. The fourth-order valence-electron chi connectivity index (χ4n) is 2.22. The van der Waals surface area contributed by atoms with Gasteiger partial charge in [0.2, 0.25) is 0 Å². The van der Waals surface area contributed by atoms with Crippen molar-refractivity contribution in [2.75, 3.05) is 40.0 Å². The number of hydrogen-bond acceptors (Lipinski definition) is 5. The van der Waals surface area contributed by atoms with Crippen molar-refractivity contribution < 1.29 is 19.0 Å². The zero-order valence-electron chi connectivity index (χ0n) is 12.0. The summed E-state index contributed by atoms with van der Waals surface area (Å²) in [4.78, 5) is 13.3. The van der Waals surface area contributed by atoms with Crippen LogP contribution in [0.4, 0.5) is 0 Å². The van der Waals surface area contributed by atoms with Gasteiger partial charge in [-0.05, 0) is 18.7 Å². The van der Waals surface area contributed by atoms with Crippen LogP contribution in [0.2, 0.25) is 0 Å². The van der Waals surface area contributed by atoms with Crippen molar-refractivity contribution in [1.82, 2.24) is 4.90 Å². The largest absolute Gasteiger partial charge is 0.497 e. The van der Waals surface area contributed by atoms with Crippen molar-refractivity contribution in [3.63, 3.8) is 0 Å². The smallest absolute Gasteiger partial charge is 0.153 e. The Hall–Kier alpha value is -1.59. The Labute approximate surface area is 119 Å². The molecule has 1 saturated heterocycles. The number of ether oxygens (including phenoxy) is 3. The molecule has 1 aliphatic heterocycles. The molecule has 0 bridgehead atoms. The molecule has 0 amide bonds. The summed E-state index contributed by atoms with van der Waals surface area (Å²) < 4.78 is 16.6. The molecule has 0 spiro atoms. The van der Waals surface area contributed by atoms with E-state index in [1.54, 1.807) is 25.3 Å². The average molecular weight is 279 g/mol. The summed E-state index contributed by atoms with van der Waals surface area (Å²) in [6, 6.07) is 5.16. The number of carbonyl (C=O) groups is 1. The number of carbonyl (C=O) groups excluding carboxylic acids is 1. The molecular weight excluding hydrogens is 258 g/mol. The molecule has 20 heavy (non-hydrogen) atoms. The third kappa shape index (κ3) is 3.71. The molecular formula is C15H21NO4. The van der Waals surface area contributed by atoms with E-state index in [4.69, 9.17) is 14.2 Å². The van der Waals surface area contributed by atoms with Gasteiger partial charge in [-0.15, -0.1) is 0 Å². The first kappa shape index (κ1) is 14.8. The standard InChI is InChI=1S/C15H21NO4/c1-3-16-6-7-19-14(9-16)11-20-15-8-13(18-2)5-4-12(15)10-17/h4-5,8,10,14H,3,6-7,9,11H2,1-2H3. The minimum atomic E-state index is 0.0365. The maximum atomic E-state index is 11.0. The minimum Gasteiger partial charge on any atom is -0.497 e. The van der Waals surface area contributed by atoms with Crippen LogP contribution in [0.25, 0.3) is 0 Å². The number of methoxy groups -OCH3 is 1. The second-order valence-corrected chi connectivity index (χ2v) is 4.72. The van der Waals surface area contributed by atoms with Crippen molar-refractivity contribution in [2.24, 2.45) is 0 Å². The molecule has 0 N–H and O–H groups in total. The zero-order valence-corrected chi connectivity index (χ0v) is 12.0. The molecule has 0 radical (unpaired) electrons. The summed E-state index contributed by atoms with van der Waals surface area (Å²) in [5.74, 6) is 1.21. The molecule has 0 aromatic heterocycles. The lowest BCUT2D eigenvalue weighted by Crippen LogP contribution is -2.44. The first-order chi connectivity index (χ1) is 9.76. The number of aldehydes is 1. The Bertz CT molecular complexity index is 449. The lowest BCUT2D eigenvalue weighted by Gasteiger charge is -2.31. The second kappa shape index (κ2) is 7.26. The number of benzene rings is 1. The monoisotopic (exact) mass is 279 g/mol. The molecule has 0 aliphatic carbocycles. The number of likely N-dealkylation sites (N-methyl/N-ethyl adjacent to an activating group) is 1. The van der Waals surface area contributed by atoms with Gasteiger partial charge in [0.05, 0.1) is 19.3 Å². The highest BCUT2D eigenvalue weighted by molar-refractivity contribution is 5.79. The highest BCUT2D eigenvalue weighted by Gasteiger charge is 2.20. The van der Waals surface area contributed by atoms with E-state index in [2.05, 4.69) is 11.8 Å². The highest BCUT2D eigenvalue weighted by Crippen LogP contribution is 2.24. The minimum absolute atomic E-state index is 0.0365. The van der Waals surface area contributed by atoms with Gasteiger partial charge in [-0.25, -0.2) is 0 Å². The fourth-order valence-corrected chi connectivity index (χ4v) is 2.22. The van der Waals surface area contributed by atoms with E-state index in [1.165, 1.54) is 0 Å². The number of hydrogen-bond donors (Lipinski definition) is 0. The quantitative estimate of drug-likeness (QED) is 0.740. The Balaban J connectivity index is 1.97. The van der Waals surface area contributed by atoms with Gasteiger partial charge in [0, 0.05) is 19.2 Å². The van der Waals surface area contributed by atoms with Crippen LogP contribution in [0.5, 0.6) is 11.5 Å². The maximum Gasteiger partial charge on any atom is 0.153 e. The topological polar surface area (TPSA) is 48.0 Å². The van der Waals surface area contributed by atoms with Crippen molar-refractivity contribution in [3.05, 3.63) is 23.8 Å². The molecule has 0 saturated carbocycles. The van der Waals surface area contributed by atoms with Gasteiger partial charge in [-0.1, -0.05) is 6.92 Å². The lowest BCUT2D eigenvalue weighted by molar-refractivity contribution is -0.0464. The van der Waals surface area contributed by atoms with Crippen molar-refractivity contribution >= 4 is 6.29 Å². The molecule has 1 fully saturated rings. The molecule has 2 rings (SSSR count).